The lowest BCUT2D eigenvalue weighted by Gasteiger charge is -2.45. The number of likely N-dealkylation sites (tertiary alicyclic amines) is 1. The van der Waals surface area contributed by atoms with Crippen molar-refractivity contribution in [2.45, 2.75) is 30.3 Å². The van der Waals surface area contributed by atoms with Gasteiger partial charge >= 0.3 is 0 Å². The Bertz CT molecular complexity index is 1480. The molecule has 8 heteroatoms. The molecule has 0 radical (unpaired) electrons. The summed E-state index contributed by atoms with van der Waals surface area (Å²) in [6, 6.07) is 19.7. The molecule has 2 saturated heterocycles. The monoisotopic (exact) mass is 606 g/mol. The number of morpholine rings is 1. The van der Waals surface area contributed by atoms with Crippen LogP contribution in [-0.2, 0) is 15.8 Å². The average molecular weight is 608 g/mol. The number of fused-ring (bicyclic) bond motifs is 2. The minimum Gasteiger partial charge on any atom is -0.497 e. The lowest BCUT2D eigenvalue weighted by Crippen LogP contribution is -2.53. The third kappa shape index (κ3) is 5.53. The summed E-state index contributed by atoms with van der Waals surface area (Å²) in [4.78, 5) is 18.2. The minimum absolute atomic E-state index is 0.0912. The van der Waals surface area contributed by atoms with Crippen LogP contribution < -0.4 is 9.47 Å². The zero-order chi connectivity index (χ0) is 29.3. The molecule has 0 saturated carbocycles. The van der Waals surface area contributed by atoms with Crippen LogP contribution in [0, 0.1) is 0 Å². The number of ether oxygens (including phenoxy) is 3. The maximum absolute atomic E-state index is 13.8. The van der Waals surface area contributed by atoms with Gasteiger partial charge in [-0.3, -0.25) is 4.79 Å². The second kappa shape index (κ2) is 11.9. The minimum atomic E-state index is -0.722. The summed E-state index contributed by atoms with van der Waals surface area (Å²) in [5.41, 5.74) is 3.66. The summed E-state index contributed by atoms with van der Waals surface area (Å²) < 4.78 is 17.4. The van der Waals surface area contributed by atoms with Crippen LogP contribution in [-0.4, -0.2) is 69.3 Å². The van der Waals surface area contributed by atoms with E-state index in [1.165, 1.54) is 11.1 Å². The van der Waals surface area contributed by atoms with E-state index in [9.17, 15) is 4.79 Å². The second-order valence-electron chi connectivity index (χ2n) is 11.5. The lowest BCUT2D eigenvalue weighted by atomic mass is 9.74. The van der Waals surface area contributed by atoms with Crippen molar-refractivity contribution in [1.82, 2.24) is 9.80 Å². The van der Waals surface area contributed by atoms with E-state index in [4.69, 9.17) is 37.4 Å². The summed E-state index contributed by atoms with van der Waals surface area (Å²) in [7, 11) is 3.16. The molecule has 6 nitrogen and oxygen atoms in total. The van der Waals surface area contributed by atoms with E-state index in [0.717, 1.165) is 44.5 Å². The topological polar surface area (TPSA) is 51.2 Å². The van der Waals surface area contributed by atoms with E-state index in [2.05, 4.69) is 41.3 Å². The molecule has 42 heavy (non-hydrogen) atoms. The summed E-state index contributed by atoms with van der Waals surface area (Å²) in [5.74, 6) is 1.06. The van der Waals surface area contributed by atoms with Crippen LogP contribution in [0.15, 0.2) is 66.7 Å². The Labute approximate surface area is 257 Å². The molecule has 0 aromatic heterocycles. The second-order valence-corrected chi connectivity index (χ2v) is 12.3. The number of carbonyl (C=O) groups is 1. The van der Waals surface area contributed by atoms with Crippen LogP contribution in [0.4, 0.5) is 0 Å². The molecule has 0 N–H and O–H groups in total. The van der Waals surface area contributed by atoms with Gasteiger partial charge in [-0.1, -0.05) is 65.7 Å². The molecule has 3 aromatic rings. The number of hydrogen-bond donors (Lipinski definition) is 0. The molecule has 1 unspecified atom stereocenters. The first-order chi connectivity index (χ1) is 20.3. The van der Waals surface area contributed by atoms with Crippen LogP contribution in [0.1, 0.15) is 46.3 Å². The zero-order valence-electron chi connectivity index (χ0n) is 24.1. The molecule has 1 atom stereocenters. The van der Waals surface area contributed by atoms with Gasteiger partial charge in [0.15, 0.2) is 0 Å². The molecule has 220 valence electrons. The van der Waals surface area contributed by atoms with Crippen molar-refractivity contribution in [2.75, 3.05) is 53.6 Å². The number of rotatable bonds is 7. The predicted octanol–water partition coefficient (Wildman–Crippen LogP) is 6.83. The Morgan fingerprint density at radius 2 is 1.67 bits per heavy atom. The first kappa shape index (κ1) is 29.1. The number of methoxy groups -OCH3 is 2. The summed E-state index contributed by atoms with van der Waals surface area (Å²) >= 11 is 12.8. The number of benzene rings is 3. The Kier molecular flexibility index (Phi) is 8.25. The molecule has 1 amide bonds. The van der Waals surface area contributed by atoms with E-state index in [1.54, 1.807) is 32.4 Å². The van der Waals surface area contributed by atoms with Crippen LogP contribution in [0.3, 0.4) is 0 Å². The van der Waals surface area contributed by atoms with Gasteiger partial charge in [-0.15, -0.1) is 0 Å². The van der Waals surface area contributed by atoms with Crippen molar-refractivity contribution in [3.05, 3.63) is 99.0 Å². The Morgan fingerprint density at radius 1 is 0.929 bits per heavy atom. The van der Waals surface area contributed by atoms with Gasteiger partial charge in [0.25, 0.3) is 5.91 Å². The molecule has 0 bridgehead atoms. The predicted molar refractivity (Wildman–Crippen MR) is 167 cm³/mol. The number of piperidine rings is 1. The molecular weight excluding hydrogens is 571 g/mol. The van der Waals surface area contributed by atoms with E-state index < -0.39 is 5.60 Å². The molecule has 2 fully saturated rings. The van der Waals surface area contributed by atoms with Crippen LogP contribution in [0.5, 0.6) is 11.5 Å². The molecule has 3 aliphatic rings. The van der Waals surface area contributed by atoms with E-state index >= 15 is 0 Å². The van der Waals surface area contributed by atoms with E-state index in [-0.39, 0.29) is 11.3 Å². The van der Waals surface area contributed by atoms with Gasteiger partial charge in [0.1, 0.15) is 17.1 Å². The van der Waals surface area contributed by atoms with Gasteiger partial charge in [-0.05, 0) is 73.3 Å². The van der Waals surface area contributed by atoms with Crippen molar-refractivity contribution in [2.24, 2.45) is 0 Å². The van der Waals surface area contributed by atoms with Crippen molar-refractivity contribution in [3.8, 4) is 11.5 Å². The zero-order valence-corrected chi connectivity index (χ0v) is 25.6. The Balaban J connectivity index is 1.22. The van der Waals surface area contributed by atoms with Crippen LogP contribution >= 0.6 is 23.2 Å². The van der Waals surface area contributed by atoms with Crippen molar-refractivity contribution in [3.63, 3.8) is 0 Å². The first-order valence-electron chi connectivity index (χ1n) is 14.5. The van der Waals surface area contributed by atoms with Gasteiger partial charge in [0.05, 0.1) is 37.4 Å². The standard InChI is InChI=1S/C34H36Cl2N2O4/c1-40-27-19-25(20-28(22-27)41-2)32(39)38-17-18-42-34(23-38,26-7-8-30(35)31(36)21-26)13-16-37-14-11-33(12-15-37)10-9-24-5-3-4-6-29(24)33/h3-10,19-22H,11-18,23H2,1-2H3. The maximum Gasteiger partial charge on any atom is 0.254 e. The maximum atomic E-state index is 13.8. The highest BCUT2D eigenvalue weighted by molar-refractivity contribution is 6.42. The fraction of sp³-hybridized carbons (Fsp3) is 0.382. The number of hydrogen-bond acceptors (Lipinski definition) is 5. The smallest absolute Gasteiger partial charge is 0.254 e. The van der Waals surface area contributed by atoms with E-state index in [1.807, 2.05) is 23.1 Å². The fourth-order valence-corrected chi connectivity index (χ4v) is 7.00. The third-order valence-electron chi connectivity index (χ3n) is 9.18. The molecule has 2 heterocycles. The number of nitrogens with zero attached hydrogens (tertiary/aromatic N) is 2. The van der Waals surface area contributed by atoms with Crippen molar-refractivity contribution >= 4 is 35.2 Å². The Morgan fingerprint density at radius 3 is 2.38 bits per heavy atom. The van der Waals surface area contributed by atoms with E-state index in [0.29, 0.717) is 46.8 Å². The SMILES string of the molecule is COc1cc(OC)cc(C(=O)N2CCOC(CCN3CCC4(C=Cc5ccccc54)CC3)(c3ccc(Cl)c(Cl)c3)C2)c1. The van der Waals surface area contributed by atoms with Gasteiger partial charge < -0.3 is 24.0 Å². The molecule has 1 aliphatic carbocycles. The van der Waals surface area contributed by atoms with Gasteiger partial charge in [0.2, 0.25) is 0 Å². The summed E-state index contributed by atoms with van der Waals surface area (Å²) in [5, 5.41) is 0.971. The average Bonchev–Trinajstić information content (AvgIpc) is 3.39. The number of amides is 1. The normalized spacial score (nSPS) is 21.4. The van der Waals surface area contributed by atoms with Gasteiger partial charge in [-0.2, -0.15) is 0 Å². The molecule has 3 aromatic carbocycles. The highest BCUT2D eigenvalue weighted by atomic mass is 35.5. The number of halogens is 2. The highest BCUT2D eigenvalue weighted by Crippen LogP contribution is 2.44. The first-order valence-corrected chi connectivity index (χ1v) is 15.2. The molecule has 6 rings (SSSR count). The van der Waals surface area contributed by atoms with Crippen LogP contribution in [0.25, 0.3) is 6.08 Å². The van der Waals surface area contributed by atoms with Crippen molar-refractivity contribution < 1.29 is 19.0 Å². The fourth-order valence-electron chi connectivity index (χ4n) is 6.71. The third-order valence-corrected chi connectivity index (χ3v) is 9.92. The number of carbonyl (C=O) groups excluding carboxylic acids is 1. The summed E-state index contributed by atoms with van der Waals surface area (Å²) in [6.45, 7) is 4.15. The molecular formula is C34H36Cl2N2O4. The molecule has 1 spiro atoms. The largest absolute Gasteiger partial charge is 0.497 e. The molecule has 2 aliphatic heterocycles. The lowest BCUT2D eigenvalue weighted by molar-refractivity contribution is -0.113. The van der Waals surface area contributed by atoms with Gasteiger partial charge in [-0.25, -0.2) is 0 Å². The number of allylic oxidation sites excluding steroid dienone is 1. The Hall–Kier alpha value is -3.03. The summed E-state index contributed by atoms with van der Waals surface area (Å²) in [6.07, 6.45) is 7.58. The van der Waals surface area contributed by atoms with Gasteiger partial charge in [0, 0.05) is 30.1 Å². The van der Waals surface area contributed by atoms with Crippen LogP contribution in [0.2, 0.25) is 10.0 Å². The quantitative estimate of drug-likeness (QED) is 0.295. The highest BCUT2D eigenvalue weighted by Gasteiger charge is 2.42. The van der Waals surface area contributed by atoms with Crippen molar-refractivity contribution in [1.29, 1.82) is 0 Å².